The lowest BCUT2D eigenvalue weighted by Crippen LogP contribution is -2.32. The molecule has 2 aliphatic heterocycles. The Morgan fingerprint density at radius 2 is 0.700 bits per heavy atom. The van der Waals surface area contributed by atoms with Crippen LogP contribution in [0.15, 0.2) is 115 Å². The Morgan fingerprint density at radius 1 is 0.425 bits per heavy atom. The molecule has 2 aliphatic rings. The van der Waals surface area contributed by atoms with Crippen molar-refractivity contribution in [2.45, 2.75) is 38.5 Å². The number of fused-ring (bicyclic) bond motifs is 4. The standard InChI is InChI=1S/C37H31N3/c1-36(2)26-14-5-9-18-32(26)39(33-19-10-6-15-27(33)36)30-22-13-23-31(25(30)24-38)40-34-20-11-7-16-28(34)37(3,4)29-17-8-12-21-35(29)40/h5-23H,1-4H3. The number of rotatable bonds is 2. The molecule has 3 nitrogen and oxygen atoms in total. The second-order valence-corrected chi connectivity index (χ2v) is 11.8. The average Bonchev–Trinajstić information content (AvgIpc) is 2.98. The molecular formula is C37H31N3. The summed E-state index contributed by atoms with van der Waals surface area (Å²) in [6, 6.07) is 43.2. The van der Waals surface area contributed by atoms with E-state index >= 15 is 0 Å². The summed E-state index contributed by atoms with van der Waals surface area (Å²) in [5.41, 5.74) is 11.5. The van der Waals surface area contributed by atoms with Crippen molar-refractivity contribution in [3.05, 3.63) is 143 Å². The van der Waals surface area contributed by atoms with Gasteiger partial charge in [0.15, 0.2) is 0 Å². The highest BCUT2D eigenvalue weighted by Gasteiger charge is 2.40. The third kappa shape index (κ3) is 3.23. The number of benzene rings is 5. The highest BCUT2D eigenvalue weighted by molar-refractivity contribution is 5.94. The summed E-state index contributed by atoms with van der Waals surface area (Å²) in [6.07, 6.45) is 0. The lowest BCUT2D eigenvalue weighted by molar-refractivity contribution is 0.631. The van der Waals surface area contributed by atoms with Crippen LogP contribution < -0.4 is 9.80 Å². The van der Waals surface area contributed by atoms with E-state index in [0.717, 1.165) is 34.1 Å². The van der Waals surface area contributed by atoms with Crippen molar-refractivity contribution in [2.75, 3.05) is 9.80 Å². The molecule has 0 spiro atoms. The van der Waals surface area contributed by atoms with Gasteiger partial charge >= 0.3 is 0 Å². The quantitative estimate of drug-likeness (QED) is 0.233. The Kier molecular flexibility index (Phi) is 5.21. The van der Waals surface area contributed by atoms with Crippen LogP contribution in [0.4, 0.5) is 34.1 Å². The van der Waals surface area contributed by atoms with E-state index in [4.69, 9.17) is 0 Å². The molecule has 0 unspecified atom stereocenters. The number of hydrogen-bond donors (Lipinski definition) is 0. The van der Waals surface area contributed by atoms with Crippen LogP contribution in [0.5, 0.6) is 0 Å². The lowest BCUT2D eigenvalue weighted by Gasteiger charge is -2.44. The summed E-state index contributed by atoms with van der Waals surface area (Å²) < 4.78 is 0. The Bertz CT molecular complexity index is 1610. The van der Waals surface area contributed by atoms with E-state index < -0.39 is 0 Å². The third-order valence-electron chi connectivity index (χ3n) is 8.89. The summed E-state index contributed by atoms with van der Waals surface area (Å²) in [7, 11) is 0. The van der Waals surface area contributed by atoms with Crippen molar-refractivity contribution in [3.8, 4) is 6.07 Å². The molecule has 0 amide bonds. The molecule has 3 heteroatoms. The van der Waals surface area contributed by atoms with E-state index in [0.29, 0.717) is 5.56 Å². The molecular weight excluding hydrogens is 486 g/mol. The monoisotopic (exact) mass is 517 g/mol. The summed E-state index contributed by atoms with van der Waals surface area (Å²) in [5.74, 6) is 0. The van der Waals surface area contributed by atoms with Gasteiger partial charge in [0, 0.05) is 10.8 Å². The molecule has 40 heavy (non-hydrogen) atoms. The number of hydrogen-bond acceptors (Lipinski definition) is 3. The fraction of sp³-hybridized carbons (Fsp3) is 0.162. The zero-order valence-corrected chi connectivity index (χ0v) is 23.3. The fourth-order valence-corrected chi connectivity index (χ4v) is 6.87. The van der Waals surface area contributed by atoms with Gasteiger partial charge in [0.25, 0.3) is 0 Å². The first-order chi connectivity index (χ1) is 19.4. The highest BCUT2D eigenvalue weighted by Crippen LogP contribution is 2.55. The number of anilines is 6. The van der Waals surface area contributed by atoms with Crippen LogP contribution in [0.3, 0.4) is 0 Å². The molecule has 0 atom stereocenters. The van der Waals surface area contributed by atoms with E-state index in [1.807, 2.05) is 0 Å². The van der Waals surface area contributed by atoms with Crippen molar-refractivity contribution in [3.63, 3.8) is 0 Å². The van der Waals surface area contributed by atoms with Gasteiger partial charge in [-0.05, 0) is 58.7 Å². The Balaban J connectivity index is 1.51. The van der Waals surface area contributed by atoms with Crippen LogP contribution in [0.25, 0.3) is 0 Å². The first-order valence-corrected chi connectivity index (χ1v) is 13.9. The number of para-hydroxylation sites is 4. The van der Waals surface area contributed by atoms with E-state index in [2.05, 4.69) is 159 Å². The van der Waals surface area contributed by atoms with Crippen LogP contribution in [-0.2, 0) is 10.8 Å². The fourth-order valence-electron chi connectivity index (χ4n) is 6.87. The average molecular weight is 518 g/mol. The topological polar surface area (TPSA) is 30.3 Å². The van der Waals surface area contributed by atoms with Crippen LogP contribution in [0, 0.1) is 11.3 Å². The minimum atomic E-state index is -0.162. The summed E-state index contributed by atoms with van der Waals surface area (Å²) in [6.45, 7) is 9.14. The minimum absolute atomic E-state index is 0.162. The maximum atomic E-state index is 10.9. The van der Waals surface area contributed by atoms with Crippen molar-refractivity contribution in [1.82, 2.24) is 0 Å². The molecule has 0 fully saturated rings. The summed E-state index contributed by atoms with van der Waals surface area (Å²) in [4.78, 5) is 4.56. The van der Waals surface area contributed by atoms with Crippen LogP contribution in [0.2, 0.25) is 0 Å². The number of nitriles is 1. The molecule has 0 radical (unpaired) electrons. The summed E-state index contributed by atoms with van der Waals surface area (Å²) >= 11 is 0. The molecule has 0 bridgehead atoms. The highest BCUT2D eigenvalue weighted by atomic mass is 15.2. The third-order valence-corrected chi connectivity index (χ3v) is 8.89. The van der Waals surface area contributed by atoms with Gasteiger partial charge in [-0.1, -0.05) is 107 Å². The van der Waals surface area contributed by atoms with Crippen molar-refractivity contribution >= 4 is 34.1 Å². The van der Waals surface area contributed by atoms with Gasteiger partial charge in [0.2, 0.25) is 0 Å². The normalized spacial score (nSPS) is 15.8. The van der Waals surface area contributed by atoms with Gasteiger partial charge in [0.05, 0.1) is 34.1 Å². The lowest BCUT2D eigenvalue weighted by atomic mass is 9.73. The molecule has 0 aromatic heterocycles. The summed E-state index contributed by atoms with van der Waals surface area (Å²) in [5, 5.41) is 10.9. The maximum Gasteiger partial charge on any atom is 0.104 e. The van der Waals surface area contributed by atoms with Gasteiger partial charge in [-0.3, -0.25) is 0 Å². The molecule has 7 rings (SSSR count). The predicted octanol–water partition coefficient (Wildman–Crippen LogP) is 9.78. The maximum absolute atomic E-state index is 10.9. The van der Waals surface area contributed by atoms with Crippen LogP contribution >= 0.6 is 0 Å². The Labute approximate surface area is 236 Å². The van der Waals surface area contributed by atoms with E-state index in [9.17, 15) is 5.26 Å². The smallest absolute Gasteiger partial charge is 0.104 e. The van der Waals surface area contributed by atoms with E-state index in [1.54, 1.807) is 0 Å². The van der Waals surface area contributed by atoms with Crippen molar-refractivity contribution < 1.29 is 0 Å². The SMILES string of the molecule is CC1(C)c2ccccc2N(c2cccc(N3c4ccccc4C(C)(C)c4ccccc43)c2C#N)c2ccccc21. The number of nitrogens with zero attached hydrogens (tertiary/aromatic N) is 3. The zero-order chi connectivity index (χ0) is 27.6. The van der Waals surface area contributed by atoms with E-state index in [1.165, 1.54) is 22.3 Å². The first kappa shape index (κ1) is 24.2. The van der Waals surface area contributed by atoms with Gasteiger partial charge < -0.3 is 9.80 Å². The minimum Gasteiger partial charge on any atom is -0.308 e. The molecule has 5 aromatic carbocycles. The largest absolute Gasteiger partial charge is 0.308 e. The van der Waals surface area contributed by atoms with Crippen molar-refractivity contribution in [1.29, 1.82) is 5.26 Å². The van der Waals surface area contributed by atoms with Gasteiger partial charge in [0.1, 0.15) is 11.6 Å². The van der Waals surface area contributed by atoms with Gasteiger partial charge in [-0.15, -0.1) is 0 Å². The predicted molar refractivity (Wildman–Crippen MR) is 165 cm³/mol. The molecule has 2 heterocycles. The second-order valence-electron chi connectivity index (χ2n) is 11.8. The molecule has 0 saturated heterocycles. The first-order valence-electron chi connectivity index (χ1n) is 13.9. The molecule has 0 saturated carbocycles. The van der Waals surface area contributed by atoms with Gasteiger partial charge in [-0.2, -0.15) is 5.26 Å². The van der Waals surface area contributed by atoms with Gasteiger partial charge in [-0.25, -0.2) is 0 Å². The Morgan fingerprint density at radius 3 is 1.00 bits per heavy atom. The Hall–Kier alpha value is -4.81. The van der Waals surface area contributed by atoms with E-state index in [-0.39, 0.29) is 10.8 Å². The zero-order valence-electron chi connectivity index (χ0n) is 23.3. The van der Waals surface area contributed by atoms with Crippen molar-refractivity contribution in [2.24, 2.45) is 0 Å². The molecule has 194 valence electrons. The molecule has 5 aromatic rings. The second kappa shape index (κ2) is 8.60. The molecule has 0 N–H and O–H groups in total. The van der Waals surface area contributed by atoms with Crippen LogP contribution in [0.1, 0.15) is 55.5 Å². The molecule has 0 aliphatic carbocycles. The van der Waals surface area contributed by atoms with Crippen LogP contribution in [-0.4, -0.2) is 0 Å².